The van der Waals surface area contributed by atoms with Gasteiger partial charge in [0.15, 0.2) is 0 Å². The van der Waals surface area contributed by atoms with Gasteiger partial charge < -0.3 is 5.32 Å². The second-order valence-corrected chi connectivity index (χ2v) is 4.54. The molecule has 1 heterocycles. The number of aryl methyl sites for hydroxylation is 3. The molecule has 0 aliphatic heterocycles. The summed E-state index contributed by atoms with van der Waals surface area (Å²) in [5.41, 5.74) is 7.56. The summed E-state index contributed by atoms with van der Waals surface area (Å²) in [6.07, 6.45) is 1.91. The quantitative estimate of drug-likeness (QED) is 0.849. The summed E-state index contributed by atoms with van der Waals surface area (Å²) < 4.78 is 0. The zero-order valence-electron chi connectivity index (χ0n) is 10.9. The Morgan fingerprint density at radius 1 is 1.06 bits per heavy atom. The lowest BCUT2D eigenvalue weighted by atomic mass is 9.96. The van der Waals surface area contributed by atoms with Crippen molar-refractivity contribution in [3.8, 4) is 11.1 Å². The van der Waals surface area contributed by atoms with E-state index in [0.717, 1.165) is 12.2 Å². The third kappa shape index (κ3) is 2.24. The van der Waals surface area contributed by atoms with E-state index >= 15 is 0 Å². The molecular formula is C14H19N3. The molecule has 0 unspecified atom stereocenters. The summed E-state index contributed by atoms with van der Waals surface area (Å²) in [7, 11) is 1.94. The molecule has 0 bridgehead atoms. The van der Waals surface area contributed by atoms with Gasteiger partial charge in [0.1, 0.15) is 0 Å². The molecule has 0 aliphatic rings. The van der Waals surface area contributed by atoms with Crippen LogP contribution in [0, 0.1) is 20.8 Å². The van der Waals surface area contributed by atoms with E-state index in [0.29, 0.717) is 0 Å². The molecule has 0 saturated carbocycles. The number of aromatic nitrogens is 2. The van der Waals surface area contributed by atoms with Crippen LogP contribution in [0.5, 0.6) is 0 Å². The van der Waals surface area contributed by atoms with E-state index in [1.807, 2.05) is 13.2 Å². The lowest BCUT2D eigenvalue weighted by Gasteiger charge is -2.10. The number of hydrogen-bond acceptors (Lipinski definition) is 2. The van der Waals surface area contributed by atoms with E-state index in [1.54, 1.807) is 0 Å². The van der Waals surface area contributed by atoms with Gasteiger partial charge in [-0.25, -0.2) is 0 Å². The van der Waals surface area contributed by atoms with Crippen LogP contribution in [0.15, 0.2) is 18.3 Å². The zero-order chi connectivity index (χ0) is 12.4. The van der Waals surface area contributed by atoms with Gasteiger partial charge in [-0.05, 0) is 50.1 Å². The maximum Gasteiger partial charge on any atom is 0.0569 e. The Balaban J connectivity index is 2.52. The Kier molecular flexibility index (Phi) is 3.29. The van der Waals surface area contributed by atoms with Crippen LogP contribution in [0.2, 0.25) is 0 Å². The standard InChI is InChI=1S/C14H19N3/c1-9-5-11(3)12(6-10(9)2)13-7-16-17-14(13)8-15-4/h5-7,15H,8H2,1-4H3,(H,16,17). The fourth-order valence-corrected chi connectivity index (χ4v) is 2.11. The van der Waals surface area contributed by atoms with Gasteiger partial charge in [0.25, 0.3) is 0 Å². The molecule has 0 spiro atoms. The van der Waals surface area contributed by atoms with Crippen LogP contribution in [0.1, 0.15) is 22.4 Å². The van der Waals surface area contributed by atoms with E-state index in [1.165, 1.54) is 27.8 Å². The number of nitrogens with zero attached hydrogens (tertiary/aromatic N) is 1. The van der Waals surface area contributed by atoms with Crippen LogP contribution in [0.25, 0.3) is 11.1 Å². The molecule has 0 radical (unpaired) electrons. The molecule has 0 saturated heterocycles. The minimum Gasteiger partial charge on any atom is -0.314 e. The molecular weight excluding hydrogens is 210 g/mol. The Labute approximate surface area is 102 Å². The van der Waals surface area contributed by atoms with Crippen LogP contribution >= 0.6 is 0 Å². The molecule has 3 nitrogen and oxygen atoms in total. The molecule has 2 rings (SSSR count). The van der Waals surface area contributed by atoms with Gasteiger partial charge in [0.05, 0.1) is 11.9 Å². The summed E-state index contributed by atoms with van der Waals surface area (Å²) in [6, 6.07) is 4.48. The van der Waals surface area contributed by atoms with Crippen LogP contribution in [-0.4, -0.2) is 17.2 Å². The first-order valence-corrected chi connectivity index (χ1v) is 5.88. The molecule has 0 aliphatic carbocycles. The molecule has 1 aromatic heterocycles. The second kappa shape index (κ2) is 4.72. The molecule has 2 aromatic rings. The lowest BCUT2D eigenvalue weighted by molar-refractivity contribution is 0.785. The monoisotopic (exact) mass is 229 g/mol. The van der Waals surface area contributed by atoms with Crippen molar-refractivity contribution in [2.75, 3.05) is 7.05 Å². The first-order valence-electron chi connectivity index (χ1n) is 5.88. The SMILES string of the molecule is CNCc1[nH]ncc1-c1cc(C)c(C)cc1C. The number of H-pyrrole nitrogens is 1. The van der Waals surface area contributed by atoms with Crippen molar-refractivity contribution in [2.45, 2.75) is 27.3 Å². The Bertz CT molecular complexity index is 526. The van der Waals surface area contributed by atoms with E-state index in [2.05, 4.69) is 48.4 Å². The molecule has 0 fully saturated rings. The van der Waals surface area contributed by atoms with Crippen molar-refractivity contribution in [2.24, 2.45) is 0 Å². The van der Waals surface area contributed by atoms with E-state index in [4.69, 9.17) is 0 Å². The van der Waals surface area contributed by atoms with Gasteiger partial charge in [-0.3, -0.25) is 5.10 Å². The number of aromatic amines is 1. The van der Waals surface area contributed by atoms with E-state index in [-0.39, 0.29) is 0 Å². The average molecular weight is 229 g/mol. The number of rotatable bonds is 3. The van der Waals surface area contributed by atoms with Gasteiger partial charge in [-0.2, -0.15) is 5.10 Å². The highest BCUT2D eigenvalue weighted by Gasteiger charge is 2.10. The fraction of sp³-hybridized carbons (Fsp3) is 0.357. The van der Waals surface area contributed by atoms with Crippen molar-refractivity contribution in [3.05, 3.63) is 40.7 Å². The summed E-state index contributed by atoms with van der Waals surface area (Å²) in [6.45, 7) is 7.26. The van der Waals surface area contributed by atoms with Gasteiger partial charge in [-0.1, -0.05) is 12.1 Å². The van der Waals surface area contributed by atoms with Gasteiger partial charge in [0, 0.05) is 12.1 Å². The Hall–Kier alpha value is -1.61. The van der Waals surface area contributed by atoms with Crippen LogP contribution in [-0.2, 0) is 6.54 Å². The summed E-state index contributed by atoms with van der Waals surface area (Å²) >= 11 is 0. The molecule has 3 heteroatoms. The predicted octanol–water partition coefficient (Wildman–Crippen LogP) is 2.72. The highest BCUT2D eigenvalue weighted by Crippen LogP contribution is 2.28. The van der Waals surface area contributed by atoms with Crippen LogP contribution in [0.3, 0.4) is 0 Å². The average Bonchev–Trinajstić information content (AvgIpc) is 2.72. The van der Waals surface area contributed by atoms with Crippen molar-refractivity contribution in [1.82, 2.24) is 15.5 Å². The maximum atomic E-state index is 4.15. The summed E-state index contributed by atoms with van der Waals surface area (Å²) in [5, 5.41) is 10.4. The molecule has 17 heavy (non-hydrogen) atoms. The van der Waals surface area contributed by atoms with E-state index < -0.39 is 0 Å². The minimum atomic E-state index is 0.807. The third-order valence-electron chi connectivity index (χ3n) is 3.20. The first kappa shape index (κ1) is 11.9. The summed E-state index contributed by atoms with van der Waals surface area (Å²) in [5.74, 6) is 0. The van der Waals surface area contributed by atoms with Crippen molar-refractivity contribution in [3.63, 3.8) is 0 Å². The normalized spacial score (nSPS) is 10.8. The van der Waals surface area contributed by atoms with Crippen LogP contribution < -0.4 is 5.32 Å². The molecule has 1 aromatic carbocycles. The molecule has 0 atom stereocenters. The zero-order valence-corrected chi connectivity index (χ0v) is 10.9. The molecule has 90 valence electrons. The number of benzene rings is 1. The van der Waals surface area contributed by atoms with Crippen molar-refractivity contribution < 1.29 is 0 Å². The fourth-order valence-electron chi connectivity index (χ4n) is 2.11. The Morgan fingerprint density at radius 2 is 1.76 bits per heavy atom. The summed E-state index contributed by atoms with van der Waals surface area (Å²) in [4.78, 5) is 0. The largest absolute Gasteiger partial charge is 0.314 e. The molecule has 2 N–H and O–H groups in total. The first-order chi connectivity index (χ1) is 8.13. The third-order valence-corrected chi connectivity index (χ3v) is 3.20. The lowest BCUT2D eigenvalue weighted by Crippen LogP contribution is -2.06. The highest BCUT2D eigenvalue weighted by molar-refractivity contribution is 5.70. The topological polar surface area (TPSA) is 40.7 Å². The van der Waals surface area contributed by atoms with E-state index in [9.17, 15) is 0 Å². The van der Waals surface area contributed by atoms with Gasteiger partial charge in [-0.15, -0.1) is 0 Å². The van der Waals surface area contributed by atoms with Crippen molar-refractivity contribution in [1.29, 1.82) is 0 Å². The maximum absolute atomic E-state index is 4.15. The van der Waals surface area contributed by atoms with Gasteiger partial charge in [0.2, 0.25) is 0 Å². The smallest absolute Gasteiger partial charge is 0.0569 e. The number of nitrogens with one attached hydrogen (secondary N) is 2. The highest BCUT2D eigenvalue weighted by atomic mass is 15.1. The van der Waals surface area contributed by atoms with Gasteiger partial charge >= 0.3 is 0 Å². The van der Waals surface area contributed by atoms with Crippen molar-refractivity contribution >= 4 is 0 Å². The number of hydrogen-bond donors (Lipinski definition) is 2. The second-order valence-electron chi connectivity index (χ2n) is 4.54. The van der Waals surface area contributed by atoms with Crippen LogP contribution in [0.4, 0.5) is 0 Å². The minimum absolute atomic E-state index is 0.807. The Morgan fingerprint density at radius 3 is 2.47 bits per heavy atom. The predicted molar refractivity (Wildman–Crippen MR) is 71.0 cm³/mol. The molecule has 0 amide bonds.